The van der Waals surface area contributed by atoms with Crippen molar-refractivity contribution in [1.82, 2.24) is 15.2 Å². The van der Waals surface area contributed by atoms with Crippen molar-refractivity contribution in [3.63, 3.8) is 0 Å². The second-order valence-electron chi connectivity index (χ2n) is 6.45. The highest BCUT2D eigenvalue weighted by Crippen LogP contribution is 2.42. The molecule has 2 heterocycles. The van der Waals surface area contributed by atoms with Crippen LogP contribution in [0.4, 0.5) is 9.18 Å². The zero-order valence-corrected chi connectivity index (χ0v) is 13.1. The topological polar surface area (TPSA) is 75.4 Å². The number of urea groups is 1. The van der Waals surface area contributed by atoms with Crippen LogP contribution in [0.2, 0.25) is 0 Å². The maximum Gasteiger partial charge on any atom is 0.325 e. The van der Waals surface area contributed by atoms with Crippen LogP contribution in [0.5, 0.6) is 0 Å². The van der Waals surface area contributed by atoms with Gasteiger partial charge in [0.1, 0.15) is 17.6 Å². The molecular weight excluding hydrogens is 313 g/mol. The summed E-state index contributed by atoms with van der Waals surface area (Å²) in [5.41, 5.74) is 0.293. The van der Waals surface area contributed by atoms with Gasteiger partial charge >= 0.3 is 6.03 Å². The molecular formula is C17H16FN3O3. The van der Waals surface area contributed by atoms with Crippen LogP contribution in [-0.2, 0) is 11.3 Å². The van der Waals surface area contributed by atoms with Gasteiger partial charge < -0.3 is 9.73 Å². The maximum absolute atomic E-state index is 13.0. The van der Waals surface area contributed by atoms with E-state index in [9.17, 15) is 14.0 Å². The minimum atomic E-state index is -0.805. The summed E-state index contributed by atoms with van der Waals surface area (Å²) in [4.78, 5) is 30.2. The fraction of sp³-hybridized carbons (Fsp3) is 0.353. The number of oxazole rings is 1. The molecule has 0 spiro atoms. The number of halogens is 1. The molecule has 2 fully saturated rings. The van der Waals surface area contributed by atoms with Crippen molar-refractivity contribution >= 4 is 11.9 Å². The largest absolute Gasteiger partial charge is 0.444 e. The van der Waals surface area contributed by atoms with Gasteiger partial charge in [0.05, 0.1) is 12.2 Å². The number of benzene rings is 1. The van der Waals surface area contributed by atoms with Crippen LogP contribution in [0.3, 0.4) is 0 Å². The zero-order chi connectivity index (χ0) is 16.9. The molecule has 1 aliphatic carbocycles. The SMILES string of the molecule is CC1(C2CC2)NC(=O)N(Cc2coc(-c3ccc(F)cc3)n2)C1=O. The Kier molecular flexibility index (Phi) is 3.19. The third-order valence-electron chi connectivity index (χ3n) is 4.66. The van der Waals surface area contributed by atoms with Gasteiger partial charge in [-0.25, -0.2) is 14.2 Å². The van der Waals surface area contributed by atoms with Gasteiger partial charge in [-0.2, -0.15) is 0 Å². The zero-order valence-electron chi connectivity index (χ0n) is 13.1. The van der Waals surface area contributed by atoms with Crippen molar-refractivity contribution in [2.24, 2.45) is 5.92 Å². The quantitative estimate of drug-likeness (QED) is 0.875. The molecule has 1 aliphatic heterocycles. The Morgan fingerprint density at radius 3 is 2.71 bits per heavy atom. The summed E-state index contributed by atoms with van der Waals surface area (Å²) in [5.74, 6) is -0.0291. The summed E-state index contributed by atoms with van der Waals surface area (Å²) in [6.45, 7) is 1.83. The fourth-order valence-electron chi connectivity index (χ4n) is 3.06. The van der Waals surface area contributed by atoms with Gasteiger partial charge in [0.25, 0.3) is 5.91 Å². The molecule has 24 heavy (non-hydrogen) atoms. The molecule has 0 bridgehead atoms. The lowest BCUT2D eigenvalue weighted by atomic mass is 9.96. The lowest BCUT2D eigenvalue weighted by molar-refractivity contribution is -0.131. The van der Waals surface area contributed by atoms with E-state index >= 15 is 0 Å². The molecule has 1 N–H and O–H groups in total. The van der Waals surface area contributed by atoms with Crippen molar-refractivity contribution in [3.05, 3.63) is 42.0 Å². The van der Waals surface area contributed by atoms with Gasteiger partial charge in [-0.15, -0.1) is 0 Å². The number of nitrogens with zero attached hydrogens (tertiary/aromatic N) is 2. The van der Waals surface area contributed by atoms with Gasteiger partial charge in [-0.3, -0.25) is 9.69 Å². The van der Waals surface area contributed by atoms with Crippen molar-refractivity contribution in [1.29, 1.82) is 0 Å². The molecule has 4 rings (SSSR count). The van der Waals surface area contributed by atoms with E-state index in [2.05, 4.69) is 10.3 Å². The highest BCUT2D eigenvalue weighted by atomic mass is 19.1. The molecule has 124 valence electrons. The Morgan fingerprint density at radius 1 is 1.33 bits per heavy atom. The monoisotopic (exact) mass is 329 g/mol. The van der Waals surface area contributed by atoms with Crippen LogP contribution in [0.25, 0.3) is 11.5 Å². The van der Waals surface area contributed by atoms with E-state index in [0.29, 0.717) is 17.1 Å². The van der Waals surface area contributed by atoms with Crippen LogP contribution in [0.15, 0.2) is 34.9 Å². The number of rotatable bonds is 4. The molecule has 1 saturated carbocycles. The molecule has 6 nitrogen and oxygen atoms in total. The first-order valence-electron chi connectivity index (χ1n) is 7.82. The van der Waals surface area contributed by atoms with Crippen molar-refractivity contribution < 1.29 is 18.4 Å². The molecule has 2 aliphatic rings. The molecule has 7 heteroatoms. The smallest absolute Gasteiger partial charge is 0.325 e. The van der Waals surface area contributed by atoms with Crippen LogP contribution in [0.1, 0.15) is 25.5 Å². The predicted octanol–water partition coefficient (Wildman–Crippen LogP) is 2.70. The van der Waals surface area contributed by atoms with Gasteiger partial charge in [0, 0.05) is 5.56 Å². The number of amides is 3. The lowest BCUT2D eigenvalue weighted by Crippen LogP contribution is -2.46. The van der Waals surface area contributed by atoms with Crippen LogP contribution >= 0.6 is 0 Å². The average molecular weight is 329 g/mol. The maximum atomic E-state index is 13.0. The summed E-state index contributed by atoms with van der Waals surface area (Å²) in [6.07, 6.45) is 3.32. The summed E-state index contributed by atoms with van der Waals surface area (Å²) in [6, 6.07) is 5.35. The van der Waals surface area contributed by atoms with E-state index < -0.39 is 11.6 Å². The van der Waals surface area contributed by atoms with Gasteiger partial charge in [0.2, 0.25) is 5.89 Å². The molecule has 3 amide bonds. The number of hydrogen-bond acceptors (Lipinski definition) is 4. The number of hydrogen-bond donors (Lipinski definition) is 1. The number of carbonyl (C=O) groups excluding carboxylic acids is 2. The Labute approximate surface area is 137 Å². The van der Waals surface area contributed by atoms with E-state index in [-0.39, 0.29) is 24.2 Å². The number of carbonyl (C=O) groups is 2. The van der Waals surface area contributed by atoms with Crippen molar-refractivity contribution in [2.75, 3.05) is 0 Å². The van der Waals surface area contributed by atoms with E-state index in [1.165, 1.54) is 23.3 Å². The third kappa shape index (κ3) is 2.36. The normalized spacial score (nSPS) is 23.7. The summed E-state index contributed by atoms with van der Waals surface area (Å²) < 4.78 is 18.3. The molecule has 1 aromatic carbocycles. The van der Waals surface area contributed by atoms with Crippen LogP contribution < -0.4 is 5.32 Å². The summed E-state index contributed by atoms with van der Waals surface area (Å²) in [5, 5.41) is 2.79. The second-order valence-corrected chi connectivity index (χ2v) is 6.45. The highest BCUT2D eigenvalue weighted by molar-refractivity contribution is 6.07. The standard InChI is InChI=1S/C17H16FN3O3/c1-17(11-4-5-11)15(22)21(16(23)20-17)8-13-9-24-14(19-13)10-2-6-12(18)7-3-10/h2-3,6-7,9,11H,4-5,8H2,1H3,(H,20,23). The molecule has 1 aromatic heterocycles. The number of aromatic nitrogens is 1. The summed E-state index contributed by atoms with van der Waals surface area (Å²) in [7, 11) is 0. The molecule has 2 aromatic rings. The van der Waals surface area contributed by atoms with Gasteiger partial charge in [-0.1, -0.05) is 0 Å². The van der Waals surface area contributed by atoms with E-state index in [0.717, 1.165) is 12.8 Å². The van der Waals surface area contributed by atoms with Gasteiger partial charge in [0.15, 0.2) is 0 Å². The van der Waals surface area contributed by atoms with E-state index in [4.69, 9.17) is 4.42 Å². The van der Waals surface area contributed by atoms with Crippen molar-refractivity contribution in [2.45, 2.75) is 31.8 Å². The number of nitrogens with one attached hydrogen (secondary N) is 1. The Morgan fingerprint density at radius 2 is 2.04 bits per heavy atom. The molecule has 1 unspecified atom stereocenters. The van der Waals surface area contributed by atoms with Gasteiger partial charge in [-0.05, 0) is 49.9 Å². The summed E-state index contributed by atoms with van der Waals surface area (Å²) >= 11 is 0. The molecule has 1 saturated heterocycles. The van der Waals surface area contributed by atoms with E-state index in [1.807, 2.05) is 0 Å². The molecule has 0 radical (unpaired) electrons. The first-order valence-corrected chi connectivity index (χ1v) is 7.82. The lowest BCUT2D eigenvalue weighted by Gasteiger charge is -2.20. The molecule has 1 atom stereocenters. The van der Waals surface area contributed by atoms with Crippen LogP contribution in [-0.4, -0.2) is 27.4 Å². The van der Waals surface area contributed by atoms with E-state index in [1.54, 1.807) is 19.1 Å². The third-order valence-corrected chi connectivity index (χ3v) is 4.66. The highest BCUT2D eigenvalue weighted by Gasteiger charge is 2.55. The van der Waals surface area contributed by atoms with Crippen molar-refractivity contribution in [3.8, 4) is 11.5 Å². The Hall–Kier alpha value is -2.70. The first kappa shape index (κ1) is 14.9. The first-order chi connectivity index (χ1) is 11.5. The Bertz CT molecular complexity index is 813. The average Bonchev–Trinajstić information content (AvgIpc) is 3.28. The van der Waals surface area contributed by atoms with Crippen LogP contribution in [0, 0.1) is 11.7 Å². The second kappa shape index (κ2) is 5.15. The minimum Gasteiger partial charge on any atom is -0.444 e. The fourth-order valence-corrected chi connectivity index (χ4v) is 3.06. The number of imide groups is 1. The minimum absolute atomic E-state index is 0.0532. The predicted molar refractivity (Wildman–Crippen MR) is 82.1 cm³/mol. The Balaban J connectivity index is 1.53.